The Morgan fingerprint density at radius 1 is 1.19 bits per heavy atom. The van der Waals surface area contributed by atoms with Crippen LogP contribution in [0.1, 0.15) is 37.3 Å². The molecule has 0 aromatic heterocycles. The highest BCUT2D eigenvalue weighted by atomic mass is 19.3. The van der Waals surface area contributed by atoms with Gasteiger partial charge in [0.05, 0.1) is 0 Å². The van der Waals surface area contributed by atoms with Crippen LogP contribution < -0.4 is 0 Å². The van der Waals surface area contributed by atoms with E-state index in [2.05, 4.69) is 0 Å². The van der Waals surface area contributed by atoms with Crippen LogP contribution in [0.5, 0.6) is 0 Å². The molecule has 1 aromatic carbocycles. The van der Waals surface area contributed by atoms with E-state index in [0.717, 1.165) is 12.0 Å². The molecule has 0 heterocycles. The standard InChI is InChI=1S/C13H18F2O/c1-2-9-13(14,15)12-7-5-11(6-8-12)4-3-10-16/h5-8,16H,2-4,9-10H2,1H3. The van der Waals surface area contributed by atoms with E-state index in [1.54, 1.807) is 19.1 Å². The summed E-state index contributed by atoms with van der Waals surface area (Å²) in [6.07, 6.45) is 1.77. The molecular formula is C13H18F2O. The molecule has 90 valence electrons. The second-order valence-corrected chi connectivity index (χ2v) is 3.98. The van der Waals surface area contributed by atoms with Crippen LogP contribution in [0.15, 0.2) is 24.3 Å². The van der Waals surface area contributed by atoms with Gasteiger partial charge in [-0.1, -0.05) is 37.6 Å². The van der Waals surface area contributed by atoms with Crippen molar-refractivity contribution in [1.29, 1.82) is 0 Å². The first-order valence-electron chi connectivity index (χ1n) is 5.68. The van der Waals surface area contributed by atoms with Crippen LogP contribution in [0.3, 0.4) is 0 Å². The SMILES string of the molecule is CCCC(F)(F)c1ccc(CCCO)cc1. The molecule has 0 fully saturated rings. The van der Waals surface area contributed by atoms with Crippen molar-refractivity contribution in [3.63, 3.8) is 0 Å². The summed E-state index contributed by atoms with van der Waals surface area (Å²) in [5.41, 5.74) is 1.08. The number of alkyl halides is 2. The molecule has 0 aliphatic rings. The average molecular weight is 228 g/mol. The number of hydrogen-bond acceptors (Lipinski definition) is 1. The second kappa shape index (κ2) is 5.94. The van der Waals surface area contributed by atoms with Gasteiger partial charge in [-0.15, -0.1) is 0 Å². The van der Waals surface area contributed by atoms with Gasteiger partial charge in [0.2, 0.25) is 0 Å². The molecule has 1 rings (SSSR count). The predicted octanol–water partition coefficient (Wildman–Crippen LogP) is 3.50. The molecule has 1 N–H and O–H groups in total. The van der Waals surface area contributed by atoms with E-state index in [1.165, 1.54) is 12.1 Å². The molecule has 0 aliphatic heterocycles. The van der Waals surface area contributed by atoms with Crippen molar-refractivity contribution in [3.8, 4) is 0 Å². The smallest absolute Gasteiger partial charge is 0.273 e. The zero-order chi connectivity index (χ0) is 12.0. The Morgan fingerprint density at radius 3 is 2.31 bits per heavy atom. The summed E-state index contributed by atoms with van der Waals surface area (Å²) in [5, 5.41) is 8.66. The fourth-order valence-electron chi connectivity index (χ4n) is 1.66. The molecule has 0 saturated heterocycles. The fraction of sp³-hybridized carbons (Fsp3) is 0.538. The summed E-state index contributed by atoms with van der Waals surface area (Å²) >= 11 is 0. The maximum atomic E-state index is 13.5. The summed E-state index contributed by atoms with van der Waals surface area (Å²) in [6.45, 7) is 1.89. The molecule has 3 heteroatoms. The van der Waals surface area contributed by atoms with Gasteiger partial charge < -0.3 is 5.11 Å². The topological polar surface area (TPSA) is 20.2 Å². The number of aliphatic hydroxyl groups is 1. The van der Waals surface area contributed by atoms with Gasteiger partial charge in [-0.05, 0) is 18.4 Å². The molecule has 0 atom stereocenters. The lowest BCUT2D eigenvalue weighted by atomic mass is 10.0. The third kappa shape index (κ3) is 3.56. The molecule has 0 amide bonds. The highest BCUT2D eigenvalue weighted by Gasteiger charge is 2.29. The Morgan fingerprint density at radius 2 is 1.81 bits per heavy atom. The van der Waals surface area contributed by atoms with Crippen molar-refractivity contribution in [2.75, 3.05) is 6.61 Å². The predicted molar refractivity (Wildman–Crippen MR) is 60.7 cm³/mol. The molecule has 1 aromatic rings. The van der Waals surface area contributed by atoms with Gasteiger partial charge in [0.1, 0.15) is 0 Å². The normalized spacial score (nSPS) is 11.8. The van der Waals surface area contributed by atoms with Gasteiger partial charge in [0, 0.05) is 18.6 Å². The molecule has 0 aliphatic carbocycles. The van der Waals surface area contributed by atoms with E-state index in [1.807, 2.05) is 0 Å². The quantitative estimate of drug-likeness (QED) is 0.790. The number of hydrogen-bond donors (Lipinski definition) is 1. The third-order valence-electron chi connectivity index (χ3n) is 2.56. The van der Waals surface area contributed by atoms with Gasteiger partial charge in [0.25, 0.3) is 5.92 Å². The van der Waals surface area contributed by atoms with Crippen molar-refractivity contribution < 1.29 is 13.9 Å². The highest BCUT2D eigenvalue weighted by molar-refractivity contribution is 5.25. The van der Waals surface area contributed by atoms with Crippen molar-refractivity contribution >= 4 is 0 Å². The van der Waals surface area contributed by atoms with E-state index < -0.39 is 5.92 Å². The lowest BCUT2D eigenvalue weighted by Gasteiger charge is -2.16. The number of benzene rings is 1. The maximum absolute atomic E-state index is 13.5. The van der Waals surface area contributed by atoms with E-state index in [9.17, 15) is 8.78 Å². The zero-order valence-electron chi connectivity index (χ0n) is 9.55. The minimum absolute atomic E-state index is 0.0853. The minimum Gasteiger partial charge on any atom is -0.396 e. The summed E-state index contributed by atoms with van der Waals surface area (Å²) in [5.74, 6) is -2.72. The number of rotatable bonds is 6. The highest BCUT2D eigenvalue weighted by Crippen LogP contribution is 2.32. The first-order chi connectivity index (χ1) is 7.60. The summed E-state index contributed by atoms with van der Waals surface area (Å²) in [6, 6.07) is 6.41. The summed E-state index contributed by atoms with van der Waals surface area (Å²) < 4.78 is 27.0. The molecule has 0 unspecified atom stereocenters. The monoisotopic (exact) mass is 228 g/mol. The van der Waals surface area contributed by atoms with Crippen LogP contribution in [-0.4, -0.2) is 11.7 Å². The van der Waals surface area contributed by atoms with Crippen molar-refractivity contribution in [1.82, 2.24) is 0 Å². The molecule has 0 saturated carbocycles. The summed E-state index contributed by atoms with van der Waals surface area (Å²) in [7, 11) is 0. The van der Waals surface area contributed by atoms with E-state index in [0.29, 0.717) is 12.8 Å². The van der Waals surface area contributed by atoms with Crippen molar-refractivity contribution in [2.24, 2.45) is 0 Å². The Balaban J connectivity index is 2.70. The zero-order valence-corrected chi connectivity index (χ0v) is 9.55. The summed E-state index contributed by atoms with van der Waals surface area (Å²) in [4.78, 5) is 0. The molecule has 16 heavy (non-hydrogen) atoms. The van der Waals surface area contributed by atoms with Gasteiger partial charge in [-0.25, -0.2) is 8.78 Å². The Labute approximate surface area is 95.1 Å². The minimum atomic E-state index is -2.72. The molecular weight excluding hydrogens is 210 g/mol. The van der Waals surface area contributed by atoms with Crippen LogP contribution in [0.2, 0.25) is 0 Å². The number of aryl methyl sites for hydroxylation is 1. The third-order valence-corrected chi connectivity index (χ3v) is 2.56. The van der Waals surface area contributed by atoms with Gasteiger partial charge >= 0.3 is 0 Å². The van der Waals surface area contributed by atoms with Crippen LogP contribution in [-0.2, 0) is 12.3 Å². The lowest BCUT2D eigenvalue weighted by molar-refractivity contribution is -0.0140. The van der Waals surface area contributed by atoms with Gasteiger partial charge in [-0.2, -0.15) is 0 Å². The van der Waals surface area contributed by atoms with E-state index in [4.69, 9.17) is 5.11 Å². The van der Waals surface area contributed by atoms with Crippen LogP contribution in [0, 0.1) is 0 Å². The fourth-order valence-corrected chi connectivity index (χ4v) is 1.66. The Hall–Kier alpha value is -0.960. The lowest BCUT2D eigenvalue weighted by Crippen LogP contribution is -2.12. The average Bonchev–Trinajstić information content (AvgIpc) is 2.27. The Kier molecular flexibility index (Phi) is 4.87. The maximum Gasteiger partial charge on any atom is 0.273 e. The van der Waals surface area contributed by atoms with Crippen molar-refractivity contribution in [2.45, 2.75) is 38.5 Å². The largest absolute Gasteiger partial charge is 0.396 e. The van der Waals surface area contributed by atoms with Crippen molar-refractivity contribution in [3.05, 3.63) is 35.4 Å². The van der Waals surface area contributed by atoms with E-state index >= 15 is 0 Å². The molecule has 1 nitrogen and oxygen atoms in total. The van der Waals surface area contributed by atoms with Crippen LogP contribution in [0.25, 0.3) is 0 Å². The van der Waals surface area contributed by atoms with Crippen LogP contribution in [0.4, 0.5) is 8.78 Å². The number of halogens is 2. The first-order valence-corrected chi connectivity index (χ1v) is 5.68. The van der Waals surface area contributed by atoms with Gasteiger partial charge in [0.15, 0.2) is 0 Å². The van der Waals surface area contributed by atoms with Gasteiger partial charge in [-0.3, -0.25) is 0 Å². The molecule has 0 radical (unpaired) electrons. The Bertz CT molecular complexity index is 306. The van der Waals surface area contributed by atoms with E-state index in [-0.39, 0.29) is 18.6 Å². The molecule has 0 spiro atoms. The second-order valence-electron chi connectivity index (χ2n) is 3.98. The molecule has 0 bridgehead atoms. The first kappa shape index (κ1) is 13.1. The van der Waals surface area contributed by atoms with Crippen LogP contribution >= 0.6 is 0 Å². The number of aliphatic hydroxyl groups excluding tert-OH is 1.